The van der Waals surface area contributed by atoms with Gasteiger partial charge in [-0.2, -0.15) is 10.2 Å². The SMILES string of the molecule is CCn1cc(-c2cc3ncc(-c4ccnc5nc(-c6ccccn6)ccc45)n3nc2C)cn1. The quantitative estimate of drug-likeness (QED) is 0.405. The molecule has 0 bridgehead atoms. The lowest BCUT2D eigenvalue weighted by molar-refractivity contribution is 0.660. The summed E-state index contributed by atoms with van der Waals surface area (Å²) in [6.45, 7) is 4.90. The highest BCUT2D eigenvalue weighted by Crippen LogP contribution is 2.30. The van der Waals surface area contributed by atoms with Gasteiger partial charge in [0.25, 0.3) is 0 Å². The van der Waals surface area contributed by atoms with Crippen LogP contribution < -0.4 is 0 Å². The molecule has 0 unspecified atom stereocenters. The Morgan fingerprint density at radius 2 is 1.82 bits per heavy atom. The molecule has 6 heterocycles. The van der Waals surface area contributed by atoms with Crippen molar-refractivity contribution in [2.24, 2.45) is 0 Å². The zero-order valence-electron chi connectivity index (χ0n) is 18.2. The number of fused-ring (bicyclic) bond motifs is 2. The van der Waals surface area contributed by atoms with Crippen molar-refractivity contribution in [2.45, 2.75) is 20.4 Å². The van der Waals surface area contributed by atoms with Gasteiger partial charge in [-0.25, -0.2) is 19.5 Å². The first kappa shape index (κ1) is 19.2. The van der Waals surface area contributed by atoms with Crippen LogP contribution in [0.5, 0.6) is 0 Å². The van der Waals surface area contributed by atoms with E-state index in [1.54, 1.807) is 12.4 Å². The maximum absolute atomic E-state index is 4.86. The minimum absolute atomic E-state index is 0.658. The van der Waals surface area contributed by atoms with Crippen LogP contribution in [0.1, 0.15) is 12.6 Å². The van der Waals surface area contributed by atoms with E-state index in [-0.39, 0.29) is 0 Å². The van der Waals surface area contributed by atoms with Gasteiger partial charge in [0, 0.05) is 47.2 Å². The summed E-state index contributed by atoms with van der Waals surface area (Å²) in [4.78, 5) is 18.3. The number of pyridine rings is 3. The van der Waals surface area contributed by atoms with Crippen LogP contribution >= 0.6 is 0 Å². The Kier molecular flexibility index (Phi) is 4.43. The van der Waals surface area contributed by atoms with Crippen molar-refractivity contribution in [1.29, 1.82) is 0 Å². The van der Waals surface area contributed by atoms with Crippen LogP contribution in [0.25, 0.3) is 50.5 Å². The van der Waals surface area contributed by atoms with E-state index in [2.05, 4.69) is 33.0 Å². The molecule has 160 valence electrons. The molecule has 0 atom stereocenters. The van der Waals surface area contributed by atoms with E-state index in [4.69, 9.17) is 10.1 Å². The molecule has 0 saturated carbocycles. The Bertz CT molecular complexity index is 1610. The predicted molar refractivity (Wildman–Crippen MR) is 126 cm³/mol. The Balaban J connectivity index is 1.47. The summed E-state index contributed by atoms with van der Waals surface area (Å²) in [7, 11) is 0. The number of aryl methyl sites for hydroxylation is 2. The zero-order chi connectivity index (χ0) is 22.4. The molecule has 0 saturated heterocycles. The molecule has 6 aromatic rings. The number of aromatic nitrogens is 8. The molecule has 0 aliphatic heterocycles. The van der Waals surface area contributed by atoms with E-state index >= 15 is 0 Å². The molecule has 0 N–H and O–H groups in total. The second-order valence-corrected chi connectivity index (χ2v) is 7.78. The molecule has 8 heteroatoms. The number of rotatable bonds is 4. The molecule has 0 aliphatic carbocycles. The lowest BCUT2D eigenvalue weighted by Gasteiger charge is -2.08. The monoisotopic (exact) mass is 432 g/mol. The van der Waals surface area contributed by atoms with Gasteiger partial charge < -0.3 is 0 Å². The predicted octanol–water partition coefficient (Wildman–Crippen LogP) is 4.59. The van der Waals surface area contributed by atoms with Gasteiger partial charge in [0.2, 0.25) is 0 Å². The molecule has 0 spiro atoms. The summed E-state index contributed by atoms with van der Waals surface area (Å²) < 4.78 is 3.79. The van der Waals surface area contributed by atoms with E-state index < -0.39 is 0 Å². The second kappa shape index (κ2) is 7.59. The van der Waals surface area contributed by atoms with E-state index in [1.165, 1.54) is 0 Å². The Labute approximate surface area is 189 Å². The van der Waals surface area contributed by atoms with E-state index in [0.29, 0.717) is 5.65 Å². The summed E-state index contributed by atoms with van der Waals surface area (Å²) in [6, 6.07) is 13.8. The molecule has 0 aliphatic rings. The normalized spacial score (nSPS) is 11.5. The van der Waals surface area contributed by atoms with Gasteiger partial charge in [0.15, 0.2) is 11.3 Å². The molecule has 6 aromatic heterocycles. The van der Waals surface area contributed by atoms with Crippen molar-refractivity contribution in [1.82, 2.24) is 39.3 Å². The third kappa shape index (κ3) is 3.23. The van der Waals surface area contributed by atoms with Gasteiger partial charge in [-0.3, -0.25) is 9.67 Å². The highest BCUT2D eigenvalue weighted by molar-refractivity contribution is 5.92. The molecule has 0 fully saturated rings. The summed E-state index contributed by atoms with van der Waals surface area (Å²) in [5.74, 6) is 0. The van der Waals surface area contributed by atoms with Crippen molar-refractivity contribution < 1.29 is 0 Å². The van der Waals surface area contributed by atoms with Gasteiger partial charge in [-0.15, -0.1) is 0 Å². The molecule has 6 rings (SSSR count). The summed E-state index contributed by atoms with van der Waals surface area (Å²) in [5, 5.41) is 10.2. The van der Waals surface area contributed by atoms with Crippen LogP contribution in [-0.4, -0.2) is 39.3 Å². The van der Waals surface area contributed by atoms with Crippen molar-refractivity contribution in [3.63, 3.8) is 0 Å². The number of imidazole rings is 1. The fraction of sp³-hybridized carbons (Fsp3) is 0.120. The fourth-order valence-corrected chi connectivity index (χ4v) is 4.06. The van der Waals surface area contributed by atoms with Crippen molar-refractivity contribution in [2.75, 3.05) is 0 Å². The van der Waals surface area contributed by atoms with E-state index in [1.807, 2.05) is 71.1 Å². The van der Waals surface area contributed by atoms with Gasteiger partial charge in [0.05, 0.1) is 35.2 Å². The van der Waals surface area contributed by atoms with E-state index in [9.17, 15) is 0 Å². The highest BCUT2D eigenvalue weighted by Gasteiger charge is 2.15. The van der Waals surface area contributed by atoms with Crippen LogP contribution in [-0.2, 0) is 6.54 Å². The summed E-state index contributed by atoms with van der Waals surface area (Å²) in [5.41, 5.74) is 7.88. The van der Waals surface area contributed by atoms with Gasteiger partial charge in [0.1, 0.15) is 0 Å². The number of hydrogen-bond acceptors (Lipinski definition) is 6. The summed E-state index contributed by atoms with van der Waals surface area (Å²) in [6.07, 6.45) is 9.29. The topological polar surface area (TPSA) is 86.7 Å². The van der Waals surface area contributed by atoms with Crippen molar-refractivity contribution in [3.05, 3.63) is 79.1 Å². The third-order valence-corrected chi connectivity index (χ3v) is 5.75. The Morgan fingerprint density at radius 3 is 2.64 bits per heavy atom. The van der Waals surface area contributed by atoms with Crippen LogP contribution in [0.2, 0.25) is 0 Å². The largest absolute Gasteiger partial charge is 0.272 e. The van der Waals surface area contributed by atoms with Crippen LogP contribution in [0.15, 0.2) is 73.4 Å². The molecule has 0 aromatic carbocycles. The Morgan fingerprint density at radius 1 is 0.879 bits per heavy atom. The zero-order valence-corrected chi connectivity index (χ0v) is 18.2. The molecular formula is C25H20N8. The Hall–Kier alpha value is -4.46. The number of hydrogen-bond donors (Lipinski definition) is 0. The average Bonchev–Trinajstić information content (AvgIpc) is 3.50. The lowest BCUT2D eigenvalue weighted by Crippen LogP contribution is -2.00. The highest BCUT2D eigenvalue weighted by atomic mass is 15.3. The maximum Gasteiger partial charge on any atom is 0.160 e. The smallest absolute Gasteiger partial charge is 0.160 e. The fourth-order valence-electron chi connectivity index (χ4n) is 4.06. The second-order valence-electron chi connectivity index (χ2n) is 7.78. The van der Waals surface area contributed by atoms with Crippen LogP contribution in [0.4, 0.5) is 0 Å². The van der Waals surface area contributed by atoms with E-state index in [0.717, 1.165) is 57.0 Å². The molecule has 33 heavy (non-hydrogen) atoms. The lowest BCUT2D eigenvalue weighted by atomic mass is 10.1. The minimum atomic E-state index is 0.658. The van der Waals surface area contributed by atoms with Crippen molar-refractivity contribution >= 4 is 16.7 Å². The minimum Gasteiger partial charge on any atom is -0.272 e. The number of nitrogens with zero attached hydrogens (tertiary/aromatic N) is 8. The molecule has 8 nitrogen and oxygen atoms in total. The third-order valence-electron chi connectivity index (χ3n) is 5.75. The molecule has 0 amide bonds. The first-order chi connectivity index (χ1) is 16.2. The standard InChI is InChI=1S/C25H20N8/c1-3-32-15-17(13-29-32)20-12-24-28-14-23(33(24)31-16(20)2)18-9-11-27-25-19(18)7-8-22(30-25)21-6-4-5-10-26-21/h4-15H,3H2,1-2H3. The molecule has 0 radical (unpaired) electrons. The van der Waals surface area contributed by atoms with Crippen LogP contribution in [0.3, 0.4) is 0 Å². The first-order valence-corrected chi connectivity index (χ1v) is 10.8. The van der Waals surface area contributed by atoms with Gasteiger partial charge >= 0.3 is 0 Å². The van der Waals surface area contributed by atoms with Crippen molar-refractivity contribution in [3.8, 4) is 33.8 Å². The summed E-state index contributed by atoms with van der Waals surface area (Å²) >= 11 is 0. The average molecular weight is 432 g/mol. The van der Waals surface area contributed by atoms with Gasteiger partial charge in [-0.05, 0) is 50.2 Å². The first-order valence-electron chi connectivity index (χ1n) is 10.8. The molecular weight excluding hydrogens is 412 g/mol. The maximum atomic E-state index is 4.86. The van der Waals surface area contributed by atoms with Crippen LogP contribution in [0, 0.1) is 6.92 Å². The van der Waals surface area contributed by atoms with Gasteiger partial charge in [-0.1, -0.05) is 6.07 Å².